The maximum atomic E-state index is 5.88. The highest BCUT2D eigenvalue weighted by Crippen LogP contribution is 2.24. The summed E-state index contributed by atoms with van der Waals surface area (Å²) in [6.07, 6.45) is 10.4. The summed E-state index contributed by atoms with van der Waals surface area (Å²) in [5.41, 5.74) is 6.75. The number of H-pyrrole nitrogens is 1. The van der Waals surface area contributed by atoms with Gasteiger partial charge in [-0.05, 0) is 18.8 Å². The van der Waals surface area contributed by atoms with Crippen molar-refractivity contribution in [3.05, 3.63) is 0 Å². The summed E-state index contributed by atoms with van der Waals surface area (Å²) < 4.78 is 5.88. The van der Waals surface area contributed by atoms with Crippen LogP contribution in [-0.2, 0) is 0 Å². The molecule has 0 unspecified atom stereocenters. The highest BCUT2D eigenvalue weighted by molar-refractivity contribution is 5.75. The van der Waals surface area contributed by atoms with Gasteiger partial charge < -0.3 is 10.5 Å². The van der Waals surface area contributed by atoms with Gasteiger partial charge in [0.2, 0.25) is 11.8 Å². The number of nitrogens with zero attached hydrogens (tertiary/aromatic N) is 4. The topological polar surface area (TPSA) is 103 Å². The fourth-order valence-corrected chi connectivity index (χ4v) is 2.92. The third-order valence-corrected chi connectivity index (χ3v) is 4.11. The Morgan fingerprint density at radius 3 is 2.52 bits per heavy atom. The number of anilines is 1. The van der Waals surface area contributed by atoms with Gasteiger partial charge in [0.1, 0.15) is 0 Å². The molecule has 7 heteroatoms. The molecule has 2 heterocycles. The lowest BCUT2D eigenvalue weighted by Gasteiger charge is -2.16. The molecular weight excluding hydrogens is 268 g/mol. The molecule has 0 saturated heterocycles. The second kappa shape index (κ2) is 6.69. The summed E-state index contributed by atoms with van der Waals surface area (Å²) in [6.45, 7) is 0.665. The summed E-state index contributed by atoms with van der Waals surface area (Å²) in [5, 5.41) is 10.4. The molecule has 0 radical (unpaired) electrons. The molecule has 0 amide bonds. The molecule has 1 saturated carbocycles. The highest BCUT2D eigenvalue weighted by Gasteiger charge is 2.15. The van der Waals surface area contributed by atoms with Gasteiger partial charge in [0.15, 0.2) is 11.2 Å². The van der Waals surface area contributed by atoms with E-state index in [4.69, 9.17) is 10.5 Å². The van der Waals surface area contributed by atoms with Crippen molar-refractivity contribution in [2.24, 2.45) is 5.92 Å². The van der Waals surface area contributed by atoms with Crippen LogP contribution in [0.1, 0.15) is 51.4 Å². The quantitative estimate of drug-likeness (QED) is 0.900. The van der Waals surface area contributed by atoms with Crippen molar-refractivity contribution < 1.29 is 4.74 Å². The summed E-state index contributed by atoms with van der Waals surface area (Å²) in [7, 11) is 0. The van der Waals surface area contributed by atoms with Crippen LogP contribution in [0.15, 0.2) is 0 Å². The van der Waals surface area contributed by atoms with Gasteiger partial charge in [-0.1, -0.05) is 43.7 Å². The molecule has 3 N–H and O–H groups in total. The van der Waals surface area contributed by atoms with Crippen molar-refractivity contribution in [3.8, 4) is 5.88 Å². The van der Waals surface area contributed by atoms with Crippen molar-refractivity contribution in [1.82, 2.24) is 25.4 Å². The molecule has 114 valence electrons. The van der Waals surface area contributed by atoms with Crippen LogP contribution in [0.3, 0.4) is 0 Å². The van der Waals surface area contributed by atoms with Crippen LogP contribution in [0.4, 0.5) is 5.95 Å². The predicted molar refractivity (Wildman–Crippen MR) is 79.8 cm³/mol. The minimum atomic E-state index is 0.179. The summed E-state index contributed by atoms with van der Waals surface area (Å²) >= 11 is 0. The van der Waals surface area contributed by atoms with Crippen LogP contribution in [0.5, 0.6) is 5.88 Å². The average molecular weight is 290 g/mol. The molecular formula is C14H22N6O. The zero-order valence-corrected chi connectivity index (χ0v) is 12.2. The van der Waals surface area contributed by atoms with Crippen molar-refractivity contribution >= 4 is 17.1 Å². The molecule has 2 aromatic heterocycles. The Hall–Kier alpha value is -1.92. The average Bonchev–Trinajstić information content (AvgIpc) is 2.97. The monoisotopic (exact) mass is 290 g/mol. The zero-order valence-electron chi connectivity index (χ0n) is 12.2. The number of aromatic amines is 1. The summed E-state index contributed by atoms with van der Waals surface area (Å²) in [6, 6.07) is 0. The van der Waals surface area contributed by atoms with Gasteiger partial charge in [0.05, 0.1) is 6.61 Å². The van der Waals surface area contributed by atoms with Gasteiger partial charge in [-0.25, -0.2) is 5.10 Å². The normalized spacial score (nSPS) is 18.1. The smallest absolute Gasteiger partial charge is 0.249 e. The van der Waals surface area contributed by atoms with E-state index in [0.29, 0.717) is 29.6 Å². The minimum absolute atomic E-state index is 0.179. The number of fused-ring (bicyclic) bond motifs is 1. The molecule has 1 aliphatic rings. The Labute approximate surface area is 123 Å². The fraction of sp³-hybridized carbons (Fsp3) is 0.714. The van der Waals surface area contributed by atoms with Crippen LogP contribution in [0.25, 0.3) is 11.2 Å². The summed E-state index contributed by atoms with van der Waals surface area (Å²) in [4.78, 5) is 8.18. The number of nitrogens with one attached hydrogen (secondary N) is 1. The van der Waals surface area contributed by atoms with E-state index in [1.165, 1.54) is 51.4 Å². The van der Waals surface area contributed by atoms with E-state index >= 15 is 0 Å². The molecule has 0 bridgehead atoms. The first-order chi connectivity index (χ1) is 10.3. The predicted octanol–water partition coefficient (Wildman–Crippen LogP) is 2.46. The first-order valence-electron chi connectivity index (χ1n) is 7.80. The van der Waals surface area contributed by atoms with Crippen molar-refractivity contribution in [1.29, 1.82) is 0 Å². The molecule has 7 nitrogen and oxygen atoms in total. The standard InChI is InChI=1S/C14H22N6O/c15-14-16-12-11(18-20-19-12)13(17-14)21-9-10-7-5-3-1-2-4-6-8-10/h10H,1-9H2,(H3,15,16,17,18,19,20). The second-order valence-corrected chi connectivity index (χ2v) is 5.77. The molecule has 2 aromatic rings. The lowest BCUT2D eigenvalue weighted by Crippen LogP contribution is -2.13. The lowest BCUT2D eigenvalue weighted by molar-refractivity contribution is 0.222. The molecule has 3 rings (SSSR count). The largest absolute Gasteiger partial charge is 0.476 e. The number of nitrogens with two attached hydrogens (primary N) is 1. The second-order valence-electron chi connectivity index (χ2n) is 5.77. The number of ether oxygens (including phenoxy) is 1. The van der Waals surface area contributed by atoms with Gasteiger partial charge >= 0.3 is 0 Å². The Morgan fingerprint density at radius 2 is 1.76 bits per heavy atom. The van der Waals surface area contributed by atoms with E-state index < -0.39 is 0 Å². The van der Waals surface area contributed by atoms with E-state index in [1.807, 2.05) is 0 Å². The molecule has 1 aliphatic carbocycles. The highest BCUT2D eigenvalue weighted by atomic mass is 16.5. The molecule has 0 aromatic carbocycles. The number of nitrogen functional groups attached to an aromatic ring is 1. The summed E-state index contributed by atoms with van der Waals surface area (Å²) in [5.74, 6) is 1.20. The van der Waals surface area contributed by atoms with Gasteiger partial charge in [-0.15, -0.1) is 5.10 Å². The third-order valence-electron chi connectivity index (χ3n) is 4.11. The Kier molecular flexibility index (Phi) is 4.47. The van der Waals surface area contributed by atoms with Gasteiger partial charge in [-0.3, -0.25) is 0 Å². The van der Waals surface area contributed by atoms with E-state index in [1.54, 1.807) is 0 Å². The Balaban J connectivity index is 1.65. The van der Waals surface area contributed by atoms with Crippen LogP contribution in [0, 0.1) is 5.92 Å². The van der Waals surface area contributed by atoms with E-state index in [9.17, 15) is 0 Å². The van der Waals surface area contributed by atoms with E-state index in [-0.39, 0.29) is 5.95 Å². The Bertz CT molecular complexity index is 574. The number of hydrogen-bond donors (Lipinski definition) is 2. The zero-order chi connectivity index (χ0) is 14.5. The Morgan fingerprint density at radius 1 is 1.05 bits per heavy atom. The fourth-order valence-electron chi connectivity index (χ4n) is 2.92. The van der Waals surface area contributed by atoms with Crippen LogP contribution in [0.2, 0.25) is 0 Å². The molecule has 0 aliphatic heterocycles. The van der Waals surface area contributed by atoms with E-state index in [0.717, 1.165) is 0 Å². The molecule has 0 atom stereocenters. The number of aromatic nitrogens is 5. The maximum Gasteiger partial charge on any atom is 0.249 e. The molecule has 21 heavy (non-hydrogen) atoms. The molecule has 1 fully saturated rings. The first kappa shape index (κ1) is 14.0. The number of hydrogen-bond acceptors (Lipinski definition) is 6. The first-order valence-corrected chi connectivity index (χ1v) is 7.80. The van der Waals surface area contributed by atoms with Crippen molar-refractivity contribution in [2.45, 2.75) is 51.4 Å². The minimum Gasteiger partial charge on any atom is -0.476 e. The van der Waals surface area contributed by atoms with Crippen molar-refractivity contribution in [3.63, 3.8) is 0 Å². The van der Waals surface area contributed by atoms with Gasteiger partial charge in [0, 0.05) is 0 Å². The van der Waals surface area contributed by atoms with Crippen LogP contribution < -0.4 is 10.5 Å². The van der Waals surface area contributed by atoms with Gasteiger partial charge in [0.25, 0.3) is 0 Å². The third kappa shape index (κ3) is 3.59. The van der Waals surface area contributed by atoms with E-state index in [2.05, 4.69) is 25.4 Å². The van der Waals surface area contributed by atoms with Crippen LogP contribution in [-0.4, -0.2) is 32.0 Å². The molecule has 0 spiro atoms. The lowest BCUT2D eigenvalue weighted by atomic mass is 9.98. The number of rotatable bonds is 3. The van der Waals surface area contributed by atoms with Crippen LogP contribution >= 0.6 is 0 Å². The maximum absolute atomic E-state index is 5.88. The SMILES string of the molecule is Nc1nc(OCC2CCCCCCCC2)c2nn[nH]c2n1. The van der Waals surface area contributed by atoms with Crippen molar-refractivity contribution in [2.75, 3.05) is 12.3 Å². The van der Waals surface area contributed by atoms with Gasteiger partial charge in [-0.2, -0.15) is 9.97 Å².